The molecule has 0 fully saturated rings. The molecule has 1 atom stereocenters. The predicted molar refractivity (Wildman–Crippen MR) is 70.6 cm³/mol. The van der Waals surface area contributed by atoms with Gasteiger partial charge in [0.2, 0.25) is 11.8 Å². The molecule has 0 aliphatic heterocycles. The van der Waals surface area contributed by atoms with Gasteiger partial charge in [-0.15, -0.1) is 0 Å². The van der Waals surface area contributed by atoms with Crippen LogP contribution in [0.4, 0.5) is 0 Å². The van der Waals surface area contributed by atoms with E-state index in [1.807, 2.05) is 30.3 Å². The van der Waals surface area contributed by atoms with E-state index >= 15 is 0 Å². The summed E-state index contributed by atoms with van der Waals surface area (Å²) in [6.07, 6.45) is 2.11. The molecule has 0 unspecified atom stereocenters. The van der Waals surface area contributed by atoms with Gasteiger partial charge in [-0.3, -0.25) is 14.5 Å². The van der Waals surface area contributed by atoms with E-state index in [9.17, 15) is 9.59 Å². The SMILES string of the molecule is CN(C#N)C(=O)CC[C@](C)(C(N)=O)c1ccccc1. The number of nitriles is 1. The van der Waals surface area contributed by atoms with Gasteiger partial charge in [0.15, 0.2) is 6.19 Å². The number of hydrogen-bond acceptors (Lipinski definition) is 3. The topological polar surface area (TPSA) is 87.2 Å². The average molecular weight is 259 g/mol. The summed E-state index contributed by atoms with van der Waals surface area (Å²) in [5, 5.41) is 8.62. The van der Waals surface area contributed by atoms with E-state index in [2.05, 4.69) is 0 Å². The first kappa shape index (κ1) is 14.7. The van der Waals surface area contributed by atoms with E-state index in [1.165, 1.54) is 7.05 Å². The number of primary amides is 1. The van der Waals surface area contributed by atoms with E-state index in [0.29, 0.717) is 0 Å². The van der Waals surface area contributed by atoms with Crippen molar-refractivity contribution in [1.82, 2.24) is 4.90 Å². The quantitative estimate of drug-likeness (QED) is 0.635. The lowest BCUT2D eigenvalue weighted by Crippen LogP contribution is -2.39. The van der Waals surface area contributed by atoms with Gasteiger partial charge in [-0.25, -0.2) is 0 Å². The molecule has 0 saturated carbocycles. The van der Waals surface area contributed by atoms with Crippen molar-refractivity contribution < 1.29 is 9.59 Å². The monoisotopic (exact) mass is 259 g/mol. The number of nitrogens with zero attached hydrogens (tertiary/aromatic N) is 2. The van der Waals surface area contributed by atoms with Crippen molar-refractivity contribution in [2.45, 2.75) is 25.2 Å². The highest BCUT2D eigenvalue weighted by atomic mass is 16.2. The zero-order valence-electron chi connectivity index (χ0n) is 11.1. The Morgan fingerprint density at radius 1 is 1.37 bits per heavy atom. The molecule has 100 valence electrons. The lowest BCUT2D eigenvalue weighted by atomic mass is 9.78. The predicted octanol–water partition coefficient (Wildman–Crippen LogP) is 1.15. The summed E-state index contributed by atoms with van der Waals surface area (Å²) in [6, 6.07) is 9.10. The largest absolute Gasteiger partial charge is 0.369 e. The summed E-state index contributed by atoms with van der Waals surface area (Å²) < 4.78 is 0. The molecule has 2 amide bonds. The summed E-state index contributed by atoms with van der Waals surface area (Å²) in [7, 11) is 1.40. The van der Waals surface area contributed by atoms with Crippen molar-refractivity contribution in [3.8, 4) is 6.19 Å². The van der Waals surface area contributed by atoms with E-state index in [-0.39, 0.29) is 18.7 Å². The van der Waals surface area contributed by atoms with Crippen LogP contribution in [0, 0.1) is 11.5 Å². The second-order valence-electron chi connectivity index (χ2n) is 4.62. The van der Waals surface area contributed by atoms with E-state index in [1.54, 1.807) is 13.1 Å². The maximum Gasteiger partial charge on any atom is 0.235 e. The highest BCUT2D eigenvalue weighted by molar-refractivity contribution is 5.87. The Morgan fingerprint density at radius 3 is 2.42 bits per heavy atom. The third-order valence-electron chi connectivity index (χ3n) is 3.32. The summed E-state index contributed by atoms with van der Waals surface area (Å²) in [5.41, 5.74) is 5.33. The molecule has 2 N–H and O–H groups in total. The van der Waals surface area contributed by atoms with Gasteiger partial charge in [-0.1, -0.05) is 30.3 Å². The second kappa shape index (κ2) is 6.01. The van der Waals surface area contributed by atoms with Gasteiger partial charge < -0.3 is 5.73 Å². The molecule has 0 aliphatic carbocycles. The molecule has 1 aromatic rings. The minimum atomic E-state index is -0.910. The first-order valence-electron chi connectivity index (χ1n) is 5.93. The van der Waals surface area contributed by atoms with Crippen molar-refractivity contribution in [3.63, 3.8) is 0 Å². The van der Waals surface area contributed by atoms with Crippen LogP contribution in [0.3, 0.4) is 0 Å². The zero-order valence-corrected chi connectivity index (χ0v) is 11.1. The van der Waals surface area contributed by atoms with Gasteiger partial charge in [0, 0.05) is 13.5 Å². The highest BCUT2D eigenvalue weighted by Gasteiger charge is 2.33. The molecule has 0 aromatic heterocycles. The van der Waals surface area contributed by atoms with Gasteiger partial charge in [-0.05, 0) is 18.9 Å². The molecule has 1 aromatic carbocycles. The lowest BCUT2D eigenvalue weighted by Gasteiger charge is -2.26. The smallest absolute Gasteiger partial charge is 0.235 e. The van der Waals surface area contributed by atoms with E-state index in [0.717, 1.165) is 10.5 Å². The fraction of sp³-hybridized carbons (Fsp3) is 0.357. The van der Waals surface area contributed by atoms with Crippen LogP contribution in [0.5, 0.6) is 0 Å². The molecule has 0 heterocycles. The number of benzene rings is 1. The number of carbonyl (C=O) groups excluding carboxylic acids is 2. The maximum absolute atomic E-state index is 11.7. The van der Waals surface area contributed by atoms with Crippen molar-refractivity contribution in [1.29, 1.82) is 5.26 Å². The van der Waals surface area contributed by atoms with E-state index < -0.39 is 11.3 Å². The van der Waals surface area contributed by atoms with Gasteiger partial charge in [0.1, 0.15) is 0 Å². The standard InChI is InChI=1S/C14H17N3O2/c1-14(13(16)19,11-6-4-3-5-7-11)9-8-12(18)17(2)10-15/h3-7H,8-9H2,1-2H3,(H2,16,19)/t14-/m0/s1. The molecule has 0 spiro atoms. The molecule has 0 bridgehead atoms. The van der Waals surface area contributed by atoms with Crippen molar-refractivity contribution >= 4 is 11.8 Å². The Morgan fingerprint density at radius 2 is 1.95 bits per heavy atom. The number of rotatable bonds is 5. The summed E-state index contributed by atoms with van der Waals surface area (Å²) in [5.74, 6) is -0.808. The average Bonchev–Trinajstić information content (AvgIpc) is 2.44. The van der Waals surface area contributed by atoms with E-state index in [4.69, 9.17) is 11.0 Å². The Labute approximate surface area is 112 Å². The third kappa shape index (κ3) is 3.32. The maximum atomic E-state index is 11.7. The summed E-state index contributed by atoms with van der Waals surface area (Å²) in [6.45, 7) is 1.71. The number of hydrogen-bond donors (Lipinski definition) is 1. The minimum absolute atomic E-state index is 0.0956. The fourth-order valence-electron chi connectivity index (χ4n) is 1.80. The molecule has 0 saturated heterocycles. The third-order valence-corrected chi connectivity index (χ3v) is 3.32. The molecule has 19 heavy (non-hydrogen) atoms. The minimum Gasteiger partial charge on any atom is -0.369 e. The Kier molecular flexibility index (Phi) is 4.65. The lowest BCUT2D eigenvalue weighted by molar-refractivity contribution is -0.128. The van der Waals surface area contributed by atoms with Crippen molar-refractivity contribution in [2.75, 3.05) is 7.05 Å². The molecule has 1 rings (SSSR count). The van der Waals surface area contributed by atoms with Crippen molar-refractivity contribution in [2.24, 2.45) is 5.73 Å². The Hall–Kier alpha value is -2.35. The molecule has 5 nitrogen and oxygen atoms in total. The molecule has 5 heteroatoms. The van der Waals surface area contributed by atoms with Gasteiger partial charge >= 0.3 is 0 Å². The molecule has 0 radical (unpaired) electrons. The van der Waals surface area contributed by atoms with Crippen LogP contribution in [0.1, 0.15) is 25.3 Å². The summed E-state index contributed by atoms with van der Waals surface area (Å²) in [4.78, 5) is 24.3. The first-order chi connectivity index (χ1) is 8.91. The first-order valence-corrected chi connectivity index (χ1v) is 5.93. The van der Waals surface area contributed by atoms with Crippen LogP contribution in [0.25, 0.3) is 0 Å². The van der Waals surface area contributed by atoms with Crippen LogP contribution < -0.4 is 5.73 Å². The zero-order chi connectivity index (χ0) is 14.5. The highest BCUT2D eigenvalue weighted by Crippen LogP contribution is 2.28. The molecular formula is C14H17N3O2. The van der Waals surface area contributed by atoms with Gasteiger partial charge in [-0.2, -0.15) is 5.26 Å². The van der Waals surface area contributed by atoms with Crippen LogP contribution in [-0.4, -0.2) is 23.8 Å². The van der Waals surface area contributed by atoms with Gasteiger partial charge in [0.25, 0.3) is 0 Å². The van der Waals surface area contributed by atoms with Crippen LogP contribution in [0.2, 0.25) is 0 Å². The normalized spacial score (nSPS) is 13.1. The van der Waals surface area contributed by atoms with Gasteiger partial charge in [0.05, 0.1) is 5.41 Å². The second-order valence-corrected chi connectivity index (χ2v) is 4.62. The van der Waals surface area contributed by atoms with Crippen molar-refractivity contribution in [3.05, 3.63) is 35.9 Å². The Bertz CT molecular complexity index is 507. The Balaban J connectivity index is 2.89. The molecular weight excluding hydrogens is 242 g/mol. The number of carbonyl (C=O) groups is 2. The van der Waals surface area contributed by atoms with Crippen LogP contribution in [-0.2, 0) is 15.0 Å². The summed E-state index contributed by atoms with van der Waals surface area (Å²) >= 11 is 0. The number of amides is 2. The van der Waals surface area contributed by atoms with Crippen LogP contribution in [0.15, 0.2) is 30.3 Å². The molecule has 0 aliphatic rings. The number of nitrogens with two attached hydrogens (primary N) is 1. The van der Waals surface area contributed by atoms with Crippen LogP contribution >= 0.6 is 0 Å². The fourth-order valence-corrected chi connectivity index (χ4v) is 1.80.